The molecule has 154 valence electrons. The summed E-state index contributed by atoms with van der Waals surface area (Å²) in [6.07, 6.45) is 4.39. The van der Waals surface area contributed by atoms with Gasteiger partial charge in [0.25, 0.3) is 0 Å². The van der Waals surface area contributed by atoms with E-state index in [1.54, 1.807) is 18.0 Å². The van der Waals surface area contributed by atoms with Crippen LogP contribution in [0.3, 0.4) is 0 Å². The van der Waals surface area contributed by atoms with Crippen molar-refractivity contribution < 1.29 is 17.6 Å². The maximum Gasteiger partial charge on any atom is 0.243 e. The van der Waals surface area contributed by atoms with Gasteiger partial charge in [-0.1, -0.05) is 12.1 Å². The van der Waals surface area contributed by atoms with Crippen LogP contribution in [0.15, 0.2) is 63.4 Å². The van der Waals surface area contributed by atoms with E-state index in [1.807, 2.05) is 30.5 Å². The van der Waals surface area contributed by atoms with Crippen LogP contribution in [-0.4, -0.2) is 44.2 Å². The number of nitrogens with one attached hydrogen (secondary N) is 1. The van der Waals surface area contributed by atoms with E-state index in [-0.39, 0.29) is 29.8 Å². The minimum Gasteiger partial charge on any atom is -0.273 e. The first-order chi connectivity index (χ1) is 13.9. The fourth-order valence-corrected chi connectivity index (χ4v) is 4.94. The monoisotopic (exact) mass is 435 g/mol. The summed E-state index contributed by atoms with van der Waals surface area (Å²) in [6, 6.07) is 12.5. The molecular formula is C20H22FN3O3S2. The fraction of sp³-hybridized carbons (Fsp3) is 0.300. The topological polar surface area (TPSA) is 78.8 Å². The highest BCUT2D eigenvalue weighted by Crippen LogP contribution is 2.24. The predicted molar refractivity (Wildman–Crippen MR) is 112 cm³/mol. The maximum absolute atomic E-state index is 13.0. The number of hydrazone groups is 1. The summed E-state index contributed by atoms with van der Waals surface area (Å²) in [5, 5.41) is 4.00. The molecule has 0 saturated carbocycles. The molecule has 0 atom stereocenters. The first-order valence-electron chi connectivity index (χ1n) is 9.13. The number of rotatable bonds is 6. The van der Waals surface area contributed by atoms with E-state index in [4.69, 9.17) is 0 Å². The zero-order valence-corrected chi connectivity index (χ0v) is 17.5. The number of halogens is 1. The third-order valence-electron chi connectivity index (χ3n) is 4.78. The number of piperidine rings is 1. The zero-order chi connectivity index (χ0) is 20.9. The number of carbonyl (C=O) groups is 1. The molecule has 0 radical (unpaired) electrons. The van der Waals surface area contributed by atoms with Crippen LogP contribution in [0.1, 0.15) is 18.4 Å². The van der Waals surface area contributed by atoms with E-state index >= 15 is 0 Å². The average molecular weight is 436 g/mol. The molecule has 2 aromatic rings. The molecule has 9 heteroatoms. The zero-order valence-electron chi connectivity index (χ0n) is 15.9. The number of sulfonamides is 1. The van der Waals surface area contributed by atoms with E-state index in [0.717, 1.165) is 22.6 Å². The van der Waals surface area contributed by atoms with Crippen LogP contribution in [0, 0.1) is 11.7 Å². The van der Waals surface area contributed by atoms with Crippen molar-refractivity contribution in [1.29, 1.82) is 0 Å². The quantitative estimate of drug-likeness (QED) is 0.430. The number of thioether (sulfide) groups is 1. The van der Waals surface area contributed by atoms with Gasteiger partial charge in [0.15, 0.2) is 0 Å². The molecular weight excluding hydrogens is 413 g/mol. The third-order valence-corrected chi connectivity index (χ3v) is 7.44. The van der Waals surface area contributed by atoms with Gasteiger partial charge in [-0.25, -0.2) is 18.2 Å². The van der Waals surface area contributed by atoms with Crippen molar-refractivity contribution in [1.82, 2.24) is 9.73 Å². The largest absolute Gasteiger partial charge is 0.273 e. The lowest BCUT2D eigenvalue weighted by Gasteiger charge is -2.30. The molecule has 1 saturated heterocycles. The number of benzene rings is 2. The molecule has 0 bridgehead atoms. The van der Waals surface area contributed by atoms with E-state index < -0.39 is 15.8 Å². The number of hydrogen-bond donors (Lipinski definition) is 1. The van der Waals surface area contributed by atoms with Crippen LogP contribution in [0.4, 0.5) is 4.39 Å². The van der Waals surface area contributed by atoms with Gasteiger partial charge >= 0.3 is 0 Å². The highest BCUT2D eigenvalue weighted by Gasteiger charge is 2.32. The molecule has 0 aromatic heterocycles. The summed E-state index contributed by atoms with van der Waals surface area (Å²) >= 11 is 1.65. The Hall–Kier alpha value is -2.23. The van der Waals surface area contributed by atoms with Crippen molar-refractivity contribution in [3.05, 3.63) is 59.9 Å². The minimum absolute atomic E-state index is 0.0545. The Morgan fingerprint density at radius 3 is 2.34 bits per heavy atom. The standard InChI is InChI=1S/C20H22FN3O3S2/c1-28-18-6-2-15(3-7-18)14-22-23-20(25)16-10-12-24(13-11-16)29(26,27)19-8-4-17(21)5-9-19/h2-9,14,16H,10-13H2,1H3,(H,23,25)/b22-14-. The van der Waals surface area contributed by atoms with Crippen LogP contribution in [0.5, 0.6) is 0 Å². The van der Waals surface area contributed by atoms with Gasteiger partial charge in [0.05, 0.1) is 11.1 Å². The van der Waals surface area contributed by atoms with Gasteiger partial charge in [-0.3, -0.25) is 4.79 Å². The highest BCUT2D eigenvalue weighted by atomic mass is 32.2. The van der Waals surface area contributed by atoms with Gasteiger partial charge < -0.3 is 0 Å². The molecule has 1 aliphatic heterocycles. The van der Waals surface area contributed by atoms with Crippen LogP contribution >= 0.6 is 11.8 Å². The first kappa shape index (κ1) is 21.5. The Morgan fingerprint density at radius 2 is 1.76 bits per heavy atom. The Kier molecular flexibility index (Phi) is 7.05. The van der Waals surface area contributed by atoms with Crippen LogP contribution in [0.2, 0.25) is 0 Å². The summed E-state index contributed by atoms with van der Waals surface area (Å²) in [5.41, 5.74) is 3.41. The van der Waals surface area contributed by atoms with Gasteiger partial charge in [0.2, 0.25) is 15.9 Å². The van der Waals surface area contributed by atoms with E-state index in [1.165, 1.54) is 16.4 Å². The van der Waals surface area contributed by atoms with Crippen molar-refractivity contribution in [2.24, 2.45) is 11.0 Å². The second-order valence-corrected chi connectivity index (χ2v) is 9.46. The van der Waals surface area contributed by atoms with Crippen molar-refractivity contribution in [3.8, 4) is 0 Å². The van der Waals surface area contributed by atoms with E-state index in [9.17, 15) is 17.6 Å². The number of nitrogens with zero attached hydrogens (tertiary/aromatic N) is 2. The predicted octanol–water partition coefficient (Wildman–Crippen LogP) is 3.10. The summed E-state index contributed by atoms with van der Waals surface area (Å²) in [6.45, 7) is 0.468. The van der Waals surface area contributed by atoms with Crippen LogP contribution < -0.4 is 5.43 Å². The lowest BCUT2D eigenvalue weighted by atomic mass is 9.98. The first-order valence-corrected chi connectivity index (χ1v) is 11.8. The summed E-state index contributed by atoms with van der Waals surface area (Å²) in [5.74, 6) is -1.01. The lowest BCUT2D eigenvalue weighted by molar-refractivity contribution is -0.126. The third kappa shape index (κ3) is 5.43. The molecule has 1 amide bonds. The molecule has 1 fully saturated rings. The van der Waals surface area contributed by atoms with Gasteiger partial charge in [0, 0.05) is 23.9 Å². The Balaban J connectivity index is 1.52. The van der Waals surface area contributed by atoms with Gasteiger partial charge in [0.1, 0.15) is 5.82 Å². The summed E-state index contributed by atoms with van der Waals surface area (Å²) < 4.78 is 39.6. The molecule has 2 aromatic carbocycles. The van der Waals surface area contributed by atoms with Crippen LogP contribution in [0.25, 0.3) is 0 Å². The van der Waals surface area contributed by atoms with Crippen molar-refractivity contribution >= 4 is 33.9 Å². The molecule has 29 heavy (non-hydrogen) atoms. The molecule has 1 heterocycles. The summed E-state index contributed by atoms with van der Waals surface area (Å²) in [7, 11) is -3.68. The summed E-state index contributed by atoms with van der Waals surface area (Å²) in [4.78, 5) is 13.5. The SMILES string of the molecule is CSc1ccc(/C=N\NC(=O)C2CCN(S(=O)(=O)c3ccc(F)cc3)CC2)cc1. The smallest absolute Gasteiger partial charge is 0.243 e. The second kappa shape index (κ2) is 9.51. The molecule has 3 rings (SSSR count). The van der Waals surface area contributed by atoms with E-state index in [2.05, 4.69) is 10.5 Å². The lowest BCUT2D eigenvalue weighted by Crippen LogP contribution is -2.42. The Morgan fingerprint density at radius 1 is 1.14 bits per heavy atom. The van der Waals surface area contributed by atoms with Crippen LogP contribution in [-0.2, 0) is 14.8 Å². The highest BCUT2D eigenvalue weighted by molar-refractivity contribution is 7.98. The normalized spacial score (nSPS) is 16.2. The number of carbonyl (C=O) groups excluding carboxylic acids is 1. The molecule has 6 nitrogen and oxygen atoms in total. The molecule has 1 aliphatic rings. The van der Waals surface area contributed by atoms with Crippen molar-refractivity contribution in [2.75, 3.05) is 19.3 Å². The number of amides is 1. The number of hydrogen-bond acceptors (Lipinski definition) is 5. The van der Waals surface area contributed by atoms with E-state index in [0.29, 0.717) is 12.8 Å². The van der Waals surface area contributed by atoms with Gasteiger partial charge in [-0.2, -0.15) is 9.41 Å². The molecule has 0 spiro atoms. The fourth-order valence-electron chi connectivity index (χ4n) is 3.07. The minimum atomic E-state index is -3.68. The van der Waals surface area contributed by atoms with Crippen molar-refractivity contribution in [2.45, 2.75) is 22.6 Å². The molecule has 0 aliphatic carbocycles. The average Bonchev–Trinajstić information content (AvgIpc) is 2.74. The second-order valence-electron chi connectivity index (χ2n) is 6.64. The Labute approximate surface area is 174 Å². The molecule has 0 unspecified atom stereocenters. The van der Waals surface area contributed by atoms with Gasteiger partial charge in [-0.15, -0.1) is 11.8 Å². The van der Waals surface area contributed by atoms with Crippen molar-refractivity contribution in [3.63, 3.8) is 0 Å². The molecule has 1 N–H and O–H groups in total. The van der Waals surface area contributed by atoms with Gasteiger partial charge in [-0.05, 0) is 61.1 Å². The maximum atomic E-state index is 13.0. The Bertz CT molecular complexity index is 969.